The average Bonchev–Trinajstić information content (AvgIpc) is 3.32. The lowest BCUT2D eigenvalue weighted by molar-refractivity contribution is -0.135. The molecule has 0 unspecified atom stereocenters. The van der Waals surface area contributed by atoms with E-state index in [0.29, 0.717) is 32.1 Å². The van der Waals surface area contributed by atoms with Gasteiger partial charge in [-0.05, 0) is 24.6 Å². The number of benzene rings is 1. The minimum absolute atomic E-state index is 0.196. The van der Waals surface area contributed by atoms with Crippen molar-refractivity contribution in [1.82, 2.24) is 24.8 Å². The summed E-state index contributed by atoms with van der Waals surface area (Å²) in [4.78, 5) is 34.3. The molecule has 2 aliphatic heterocycles. The third-order valence-corrected chi connectivity index (χ3v) is 8.49. The number of amides is 1. The monoisotopic (exact) mass is 544 g/mol. The molecule has 2 aliphatic rings. The van der Waals surface area contributed by atoms with Crippen LogP contribution in [0.15, 0.2) is 36.5 Å². The van der Waals surface area contributed by atoms with Gasteiger partial charge in [0, 0.05) is 67.8 Å². The Bertz CT molecular complexity index is 1490. The van der Waals surface area contributed by atoms with Crippen LogP contribution in [0.25, 0.3) is 32.5 Å². The normalized spacial score (nSPS) is 16.3. The van der Waals surface area contributed by atoms with Gasteiger partial charge in [0.1, 0.15) is 6.61 Å². The van der Waals surface area contributed by atoms with E-state index in [1.54, 1.807) is 16.2 Å². The molecule has 4 aromatic rings. The quantitative estimate of drug-likeness (QED) is 0.384. The molecule has 2 saturated heterocycles. The molecule has 39 heavy (non-hydrogen) atoms. The van der Waals surface area contributed by atoms with Crippen molar-refractivity contribution in [3.05, 3.63) is 47.0 Å². The van der Waals surface area contributed by atoms with Crippen LogP contribution in [0.4, 0.5) is 5.82 Å². The zero-order chi connectivity index (χ0) is 27.4. The Labute approximate surface area is 232 Å². The van der Waals surface area contributed by atoms with Gasteiger partial charge < -0.3 is 19.6 Å². The van der Waals surface area contributed by atoms with Crippen LogP contribution < -0.4 is 4.90 Å². The highest BCUT2D eigenvalue weighted by Gasteiger charge is 2.25. The summed E-state index contributed by atoms with van der Waals surface area (Å²) in [6, 6.07) is 10.2. The number of para-hydroxylation sites is 1. The first-order valence-electron chi connectivity index (χ1n) is 13.0. The highest BCUT2D eigenvalue weighted by molar-refractivity contribution is 7.19. The number of piperazine rings is 1. The van der Waals surface area contributed by atoms with Gasteiger partial charge in [-0.3, -0.25) is 14.7 Å². The van der Waals surface area contributed by atoms with Crippen LogP contribution in [0.2, 0.25) is 0 Å². The number of pyridine rings is 1. The molecule has 202 valence electrons. The minimum atomic E-state index is -0.423. The highest BCUT2D eigenvalue weighted by atomic mass is 32.1. The van der Waals surface area contributed by atoms with Crippen LogP contribution in [-0.2, 0) is 16.1 Å². The van der Waals surface area contributed by atoms with E-state index >= 15 is 0 Å². The molecular formula is C29H32N6O3S. The number of fused-ring (bicyclic) bond motifs is 2. The molecule has 0 radical (unpaired) electrons. The molecule has 0 saturated carbocycles. The number of aliphatic hydroxyl groups is 1. The largest absolute Gasteiger partial charge is 0.387 e. The molecule has 9 nitrogen and oxygen atoms in total. The summed E-state index contributed by atoms with van der Waals surface area (Å²) in [5.41, 5.74) is 4.04. The van der Waals surface area contributed by atoms with Crippen molar-refractivity contribution in [2.75, 3.05) is 64.0 Å². The Morgan fingerprint density at radius 2 is 1.82 bits per heavy atom. The average molecular weight is 545 g/mol. The van der Waals surface area contributed by atoms with E-state index in [0.717, 1.165) is 65.2 Å². The number of hydrogen-bond acceptors (Lipinski definition) is 9. The number of ether oxygens (including phenoxy) is 1. The molecule has 1 N–H and O–H groups in total. The second-order valence-corrected chi connectivity index (χ2v) is 10.6. The molecular weight excluding hydrogens is 512 g/mol. The van der Waals surface area contributed by atoms with Crippen molar-refractivity contribution in [3.63, 3.8) is 0 Å². The van der Waals surface area contributed by atoms with Crippen LogP contribution in [0.3, 0.4) is 0 Å². The van der Waals surface area contributed by atoms with Gasteiger partial charge in [0.2, 0.25) is 5.91 Å². The maximum absolute atomic E-state index is 11.8. The third-order valence-electron chi connectivity index (χ3n) is 7.23. The first-order valence-corrected chi connectivity index (χ1v) is 13.8. The van der Waals surface area contributed by atoms with Crippen LogP contribution in [0.5, 0.6) is 0 Å². The number of terminal acetylenes is 1. The van der Waals surface area contributed by atoms with Gasteiger partial charge in [0.15, 0.2) is 11.6 Å². The van der Waals surface area contributed by atoms with E-state index in [1.807, 2.05) is 24.4 Å². The zero-order valence-electron chi connectivity index (χ0n) is 22.0. The summed E-state index contributed by atoms with van der Waals surface area (Å²) < 4.78 is 6.73. The lowest BCUT2D eigenvalue weighted by atomic mass is 10.1. The number of carbonyl (C=O) groups excluding carboxylic acids is 1. The van der Waals surface area contributed by atoms with Crippen molar-refractivity contribution in [3.8, 4) is 24.2 Å². The summed E-state index contributed by atoms with van der Waals surface area (Å²) in [5.74, 6) is 1.46. The van der Waals surface area contributed by atoms with Crippen molar-refractivity contribution in [2.45, 2.75) is 13.5 Å². The Morgan fingerprint density at radius 1 is 1.08 bits per heavy atom. The van der Waals surface area contributed by atoms with Crippen LogP contribution in [0, 0.1) is 19.8 Å². The standard InChI is InChI=1S/C27H30N6O3S.C2H2/c1-18-22(16-31-6-8-32(9-7-31)23(35)17-34)37-25-24(18)29-26(30-27(25)33-10-12-36-13-11-33)20-14-19-4-2-3-5-21(19)28-15-20;1-2/h2-5,14-15,34H,6-13,16-17H2,1H3;1-2H. The number of aromatic nitrogens is 3. The maximum Gasteiger partial charge on any atom is 0.248 e. The molecule has 1 amide bonds. The van der Waals surface area contributed by atoms with Gasteiger partial charge in [-0.25, -0.2) is 9.97 Å². The Kier molecular flexibility index (Phi) is 8.33. The van der Waals surface area contributed by atoms with Gasteiger partial charge >= 0.3 is 0 Å². The summed E-state index contributed by atoms with van der Waals surface area (Å²) in [7, 11) is 0. The number of hydrogen-bond donors (Lipinski definition) is 1. The van der Waals surface area contributed by atoms with Gasteiger partial charge in [-0.2, -0.15) is 0 Å². The second-order valence-electron chi connectivity index (χ2n) is 9.53. The molecule has 0 aliphatic carbocycles. The van der Waals surface area contributed by atoms with E-state index in [4.69, 9.17) is 19.8 Å². The number of aliphatic hydroxyl groups excluding tert-OH is 1. The molecule has 1 aromatic carbocycles. The number of anilines is 1. The van der Waals surface area contributed by atoms with Crippen molar-refractivity contribution < 1.29 is 14.6 Å². The van der Waals surface area contributed by atoms with E-state index in [2.05, 4.69) is 46.7 Å². The number of rotatable bonds is 5. The fourth-order valence-electron chi connectivity index (χ4n) is 5.04. The number of thiophene rings is 1. The van der Waals surface area contributed by atoms with Crippen LogP contribution in [-0.4, -0.2) is 94.9 Å². The molecule has 5 heterocycles. The lowest BCUT2D eigenvalue weighted by Crippen LogP contribution is -2.49. The van der Waals surface area contributed by atoms with Gasteiger partial charge in [0.25, 0.3) is 0 Å². The predicted octanol–water partition coefficient (Wildman–Crippen LogP) is 2.94. The number of aryl methyl sites for hydroxylation is 1. The molecule has 10 heteroatoms. The Balaban J connectivity index is 0.00000151. The predicted molar refractivity (Wildman–Crippen MR) is 155 cm³/mol. The van der Waals surface area contributed by atoms with Crippen LogP contribution in [0.1, 0.15) is 10.4 Å². The van der Waals surface area contributed by atoms with Crippen molar-refractivity contribution >= 4 is 44.2 Å². The molecule has 0 spiro atoms. The summed E-state index contributed by atoms with van der Waals surface area (Å²) in [5, 5.41) is 10.2. The minimum Gasteiger partial charge on any atom is -0.387 e. The molecule has 0 bridgehead atoms. The van der Waals surface area contributed by atoms with Gasteiger partial charge in [-0.1, -0.05) is 18.2 Å². The smallest absolute Gasteiger partial charge is 0.248 e. The topological polar surface area (TPSA) is 94.9 Å². The SMILES string of the molecule is C#C.Cc1c(CN2CCN(C(=O)CO)CC2)sc2c(N3CCOCC3)nc(-c3cnc4ccccc4c3)nc12. The first-order chi connectivity index (χ1) is 19.1. The molecule has 6 rings (SSSR count). The molecule has 0 atom stereocenters. The zero-order valence-corrected chi connectivity index (χ0v) is 22.9. The van der Waals surface area contributed by atoms with E-state index in [1.165, 1.54) is 10.4 Å². The summed E-state index contributed by atoms with van der Waals surface area (Å²) >= 11 is 1.77. The molecule has 3 aromatic heterocycles. The number of morpholine rings is 1. The van der Waals surface area contributed by atoms with Crippen LogP contribution >= 0.6 is 11.3 Å². The van der Waals surface area contributed by atoms with E-state index in [9.17, 15) is 4.79 Å². The van der Waals surface area contributed by atoms with Crippen molar-refractivity contribution in [2.24, 2.45) is 0 Å². The third kappa shape index (κ3) is 5.58. The van der Waals surface area contributed by atoms with Gasteiger partial charge in [-0.15, -0.1) is 24.2 Å². The summed E-state index contributed by atoms with van der Waals surface area (Å²) in [6.07, 6.45) is 9.86. The fraction of sp³-hybridized carbons (Fsp3) is 0.379. The number of carbonyl (C=O) groups is 1. The van der Waals surface area contributed by atoms with E-state index < -0.39 is 6.61 Å². The fourth-order valence-corrected chi connectivity index (χ4v) is 6.34. The highest BCUT2D eigenvalue weighted by Crippen LogP contribution is 2.38. The van der Waals surface area contributed by atoms with E-state index in [-0.39, 0.29) is 5.91 Å². The maximum atomic E-state index is 11.8. The lowest BCUT2D eigenvalue weighted by Gasteiger charge is -2.34. The second kappa shape index (κ2) is 12.1. The molecule has 2 fully saturated rings. The first kappa shape index (κ1) is 27.0. The number of nitrogens with zero attached hydrogens (tertiary/aromatic N) is 6. The van der Waals surface area contributed by atoms with Gasteiger partial charge in [0.05, 0.1) is 28.9 Å². The Hall–Kier alpha value is -3.62. The van der Waals surface area contributed by atoms with Crippen molar-refractivity contribution in [1.29, 1.82) is 0 Å². The summed E-state index contributed by atoms with van der Waals surface area (Å²) in [6.45, 7) is 8.37. The Morgan fingerprint density at radius 3 is 2.56 bits per heavy atom.